The number of thioether (sulfide) groups is 1. The van der Waals surface area contributed by atoms with Crippen molar-refractivity contribution >= 4 is 62.0 Å². The van der Waals surface area contributed by atoms with Gasteiger partial charge in [-0.05, 0) is 72.5 Å². The van der Waals surface area contributed by atoms with Crippen molar-refractivity contribution in [2.75, 3.05) is 13.2 Å². The molecule has 0 aliphatic carbocycles. The number of hydrogen-bond donors (Lipinski definition) is 2. The zero-order valence-electron chi connectivity index (χ0n) is 21.1. The lowest BCUT2D eigenvalue weighted by Crippen LogP contribution is -2.22. The molecule has 0 aliphatic rings. The summed E-state index contributed by atoms with van der Waals surface area (Å²) in [5.74, 6) is 0.647. The van der Waals surface area contributed by atoms with Crippen molar-refractivity contribution in [3.05, 3.63) is 68.5 Å². The van der Waals surface area contributed by atoms with Crippen molar-refractivity contribution in [1.29, 1.82) is 0 Å². The summed E-state index contributed by atoms with van der Waals surface area (Å²) in [6, 6.07) is 13.7. The normalized spacial score (nSPS) is 10.6. The van der Waals surface area contributed by atoms with Gasteiger partial charge in [0.1, 0.15) is 10.1 Å². The highest BCUT2D eigenvalue weighted by atomic mass is 79.9. The van der Waals surface area contributed by atoms with Crippen LogP contribution in [-0.4, -0.2) is 29.2 Å². The number of Topliss-reactive ketones (excluding diaryl/α,β-unsaturated/α-hetero) is 1. The van der Waals surface area contributed by atoms with Crippen LogP contribution >= 0.6 is 39.9 Å². The van der Waals surface area contributed by atoms with Gasteiger partial charge in [0, 0.05) is 19.5 Å². The third-order valence-electron chi connectivity index (χ3n) is 4.54. The first-order valence-corrected chi connectivity index (χ1v) is 13.7. The van der Waals surface area contributed by atoms with Gasteiger partial charge < -0.3 is 15.4 Å². The fourth-order valence-corrected chi connectivity index (χ4v) is 4.45. The number of thiocarbonyl (C=S) groups is 1. The van der Waals surface area contributed by atoms with Crippen LogP contribution in [0.2, 0.25) is 0 Å². The van der Waals surface area contributed by atoms with Gasteiger partial charge in [-0.25, -0.2) is 0 Å². The molecule has 1 amide bonds. The summed E-state index contributed by atoms with van der Waals surface area (Å²) in [7, 11) is 0. The number of benzene rings is 2. The first-order chi connectivity index (χ1) is 16.8. The van der Waals surface area contributed by atoms with Gasteiger partial charge in [0.05, 0.1) is 16.0 Å². The van der Waals surface area contributed by atoms with E-state index in [1.165, 1.54) is 24.2 Å². The predicted octanol–water partition coefficient (Wildman–Crippen LogP) is 6.82. The topological polar surface area (TPSA) is 67.4 Å². The van der Waals surface area contributed by atoms with Crippen LogP contribution < -0.4 is 15.4 Å². The van der Waals surface area contributed by atoms with Gasteiger partial charge in [0.2, 0.25) is 5.91 Å². The maximum Gasteiger partial charge on any atom is 0.220 e. The molecule has 5 nitrogen and oxygen atoms in total. The van der Waals surface area contributed by atoms with Crippen LogP contribution in [0.3, 0.4) is 0 Å². The molecule has 2 aromatic carbocycles. The molecular formula is C27H35BrN2O3S2. The van der Waals surface area contributed by atoms with Crippen molar-refractivity contribution in [3.63, 3.8) is 0 Å². The van der Waals surface area contributed by atoms with E-state index in [9.17, 15) is 9.59 Å². The first-order valence-electron chi connectivity index (χ1n) is 11.7. The van der Waals surface area contributed by atoms with Crippen LogP contribution in [0.15, 0.2) is 51.8 Å². The van der Waals surface area contributed by atoms with Gasteiger partial charge >= 0.3 is 0 Å². The summed E-state index contributed by atoms with van der Waals surface area (Å²) >= 11 is 10.0. The van der Waals surface area contributed by atoms with Gasteiger partial charge in [0.15, 0.2) is 5.78 Å². The van der Waals surface area contributed by atoms with Crippen molar-refractivity contribution in [2.24, 2.45) is 0 Å². The number of aryl methyl sites for hydroxylation is 1. The van der Waals surface area contributed by atoms with Crippen molar-refractivity contribution in [2.45, 2.75) is 54.0 Å². The Morgan fingerprint density at radius 2 is 1.80 bits per heavy atom. The SMILES string of the molecule is CC.CCNC(=S)S/C(=C\c1ccc(OCCCC(=O)NCc2ccc(C)cc2)c(Br)c1)C(C)=O. The third-order valence-corrected chi connectivity index (χ3v) is 6.51. The molecule has 2 aromatic rings. The molecule has 0 fully saturated rings. The Kier molecular flexibility index (Phi) is 15.3. The van der Waals surface area contributed by atoms with E-state index in [-0.39, 0.29) is 11.7 Å². The number of nitrogens with one attached hydrogen (secondary N) is 2. The van der Waals surface area contributed by atoms with E-state index in [0.717, 1.165) is 15.6 Å². The number of ether oxygens (including phenoxy) is 1. The average molecular weight is 580 g/mol. The van der Waals surface area contributed by atoms with E-state index >= 15 is 0 Å². The summed E-state index contributed by atoms with van der Waals surface area (Å²) in [5, 5.41) is 5.97. The molecule has 0 aromatic heterocycles. The second-order valence-corrected chi connectivity index (χ2v) is 9.96. The number of ketones is 1. The van der Waals surface area contributed by atoms with Crippen LogP contribution in [-0.2, 0) is 16.1 Å². The molecule has 0 spiro atoms. The zero-order valence-corrected chi connectivity index (χ0v) is 24.3. The summed E-state index contributed by atoms with van der Waals surface area (Å²) < 4.78 is 7.17. The molecule has 0 atom stereocenters. The van der Waals surface area contributed by atoms with Crippen LogP contribution in [0, 0.1) is 6.92 Å². The van der Waals surface area contributed by atoms with Crippen LogP contribution in [0.4, 0.5) is 0 Å². The summed E-state index contributed by atoms with van der Waals surface area (Å²) in [6.45, 7) is 11.2. The summed E-state index contributed by atoms with van der Waals surface area (Å²) in [4.78, 5) is 24.6. The molecule has 0 saturated carbocycles. The lowest BCUT2D eigenvalue weighted by Gasteiger charge is -2.10. The highest BCUT2D eigenvalue weighted by Gasteiger charge is 2.10. The van der Waals surface area contributed by atoms with E-state index in [4.69, 9.17) is 17.0 Å². The van der Waals surface area contributed by atoms with E-state index in [2.05, 4.69) is 26.6 Å². The van der Waals surface area contributed by atoms with E-state index < -0.39 is 0 Å². The maximum absolute atomic E-state index is 12.1. The molecule has 0 saturated heterocycles. The number of carbonyl (C=O) groups is 2. The molecular weight excluding hydrogens is 544 g/mol. The van der Waals surface area contributed by atoms with Gasteiger partial charge in [-0.3, -0.25) is 9.59 Å². The molecule has 190 valence electrons. The molecule has 0 radical (unpaired) electrons. The molecule has 2 N–H and O–H groups in total. The fourth-order valence-electron chi connectivity index (χ4n) is 2.77. The smallest absolute Gasteiger partial charge is 0.220 e. The second-order valence-electron chi connectivity index (χ2n) is 7.39. The highest BCUT2D eigenvalue weighted by molar-refractivity contribution is 9.10. The Hall–Kier alpha value is -2.16. The van der Waals surface area contributed by atoms with Gasteiger partial charge in [-0.2, -0.15) is 0 Å². The second kappa shape index (κ2) is 17.3. The molecule has 0 aliphatic heterocycles. The molecule has 0 bridgehead atoms. The monoisotopic (exact) mass is 578 g/mol. The zero-order chi connectivity index (χ0) is 26.2. The largest absolute Gasteiger partial charge is 0.492 e. The number of hydrogen-bond acceptors (Lipinski definition) is 5. The first kappa shape index (κ1) is 30.9. The Morgan fingerprint density at radius 1 is 1.11 bits per heavy atom. The number of rotatable bonds is 11. The van der Waals surface area contributed by atoms with E-state index in [0.29, 0.717) is 47.5 Å². The van der Waals surface area contributed by atoms with Gasteiger partial charge in [0.25, 0.3) is 0 Å². The quantitative estimate of drug-likeness (QED) is 0.173. The number of allylic oxidation sites excluding steroid dienone is 1. The molecule has 0 heterocycles. The number of amides is 1. The molecule has 8 heteroatoms. The Labute approximate surface area is 227 Å². The third kappa shape index (κ3) is 12.4. The fraction of sp³-hybridized carbons (Fsp3) is 0.370. The van der Waals surface area contributed by atoms with E-state index in [1.54, 1.807) is 0 Å². The van der Waals surface area contributed by atoms with Crippen LogP contribution in [0.25, 0.3) is 6.08 Å². The van der Waals surface area contributed by atoms with E-state index in [1.807, 2.05) is 76.2 Å². The van der Waals surface area contributed by atoms with Gasteiger partial charge in [-0.1, -0.05) is 73.7 Å². The minimum Gasteiger partial charge on any atom is -0.492 e. The van der Waals surface area contributed by atoms with Gasteiger partial charge in [-0.15, -0.1) is 0 Å². The lowest BCUT2D eigenvalue weighted by molar-refractivity contribution is -0.121. The summed E-state index contributed by atoms with van der Waals surface area (Å²) in [6.07, 6.45) is 2.82. The van der Waals surface area contributed by atoms with Crippen molar-refractivity contribution < 1.29 is 14.3 Å². The standard InChI is InChI=1S/C25H29BrN2O3S2.C2H6/c1-4-27-25(32)33-23(18(3)29)15-20-11-12-22(21(26)14-20)31-13-5-6-24(30)28-16-19-9-7-17(2)8-10-19;1-2/h7-12,14-15H,4-6,13,16H2,1-3H3,(H,27,32)(H,28,30);1-2H3/b23-15-;. The average Bonchev–Trinajstić information content (AvgIpc) is 2.83. The summed E-state index contributed by atoms with van der Waals surface area (Å²) in [5.41, 5.74) is 3.14. The molecule has 0 unspecified atom stereocenters. The van der Waals surface area contributed by atoms with Crippen molar-refractivity contribution in [1.82, 2.24) is 10.6 Å². The lowest BCUT2D eigenvalue weighted by atomic mass is 10.1. The molecule has 2 rings (SSSR count). The minimum atomic E-state index is -0.0441. The predicted molar refractivity (Wildman–Crippen MR) is 156 cm³/mol. The Balaban J connectivity index is 0.00000298. The Bertz CT molecular complexity index is 1010. The van der Waals surface area contributed by atoms with Crippen LogP contribution in [0.1, 0.15) is 57.2 Å². The van der Waals surface area contributed by atoms with Crippen molar-refractivity contribution in [3.8, 4) is 5.75 Å². The highest BCUT2D eigenvalue weighted by Crippen LogP contribution is 2.29. The number of carbonyl (C=O) groups excluding carboxylic acids is 2. The van der Waals surface area contributed by atoms with Crippen LogP contribution in [0.5, 0.6) is 5.75 Å². The maximum atomic E-state index is 12.1. The minimum absolute atomic E-state index is 0.00321. The Morgan fingerprint density at radius 3 is 2.40 bits per heavy atom. The molecule has 35 heavy (non-hydrogen) atoms. The number of halogens is 1.